The van der Waals surface area contributed by atoms with E-state index >= 15 is 0 Å². The Morgan fingerprint density at radius 1 is 1.50 bits per heavy atom. The van der Waals surface area contributed by atoms with Crippen LogP contribution in [0.5, 0.6) is 5.88 Å². The van der Waals surface area contributed by atoms with Crippen molar-refractivity contribution in [2.75, 3.05) is 19.5 Å². The second-order valence-corrected chi connectivity index (χ2v) is 5.44. The molecule has 0 aromatic carbocycles. The number of nitrogens with two attached hydrogens (primary N) is 2. The number of imidazole rings is 1. The van der Waals surface area contributed by atoms with Gasteiger partial charge in [0.25, 0.3) is 0 Å². The summed E-state index contributed by atoms with van der Waals surface area (Å²) in [5.41, 5.74) is 11.5. The molecule has 22 heavy (non-hydrogen) atoms. The summed E-state index contributed by atoms with van der Waals surface area (Å²) in [6, 6.07) is 0. The molecule has 10 nitrogen and oxygen atoms in total. The summed E-state index contributed by atoms with van der Waals surface area (Å²) in [7, 11) is 1.45. The van der Waals surface area contributed by atoms with Crippen LogP contribution >= 0.6 is 0 Å². The number of nitrogens with zero attached hydrogens (tertiary/aromatic N) is 4. The summed E-state index contributed by atoms with van der Waals surface area (Å²) in [5, 5.41) is 19.5. The number of aliphatic hydroxyl groups is 2. The molecule has 1 aliphatic rings. The van der Waals surface area contributed by atoms with Gasteiger partial charge in [-0.15, -0.1) is 0 Å². The van der Waals surface area contributed by atoms with Crippen LogP contribution in [-0.2, 0) is 4.74 Å². The van der Waals surface area contributed by atoms with Crippen molar-refractivity contribution in [2.45, 2.75) is 30.9 Å². The number of nitrogen functional groups attached to an aromatic ring is 1. The summed E-state index contributed by atoms with van der Waals surface area (Å²) in [5.74, 6) is 0.249. The lowest BCUT2D eigenvalue weighted by atomic mass is 9.93. The molecule has 4 atom stereocenters. The van der Waals surface area contributed by atoms with Crippen molar-refractivity contribution < 1.29 is 19.7 Å². The molecule has 0 saturated carbocycles. The zero-order valence-corrected chi connectivity index (χ0v) is 12.2. The smallest absolute Gasteiger partial charge is 0.246 e. The largest absolute Gasteiger partial charge is 0.479 e. The zero-order valence-electron chi connectivity index (χ0n) is 12.2. The third-order valence-corrected chi connectivity index (χ3v) is 3.86. The molecule has 120 valence electrons. The quantitative estimate of drug-likeness (QED) is 0.523. The second kappa shape index (κ2) is 5.02. The van der Waals surface area contributed by atoms with Crippen molar-refractivity contribution >= 4 is 17.1 Å². The van der Waals surface area contributed by atoms with Gasteiger partial charge in [0.05, 0.1) is 25.6 Å². The predicted molar refractivity (Wildman–Crippen MR) is 75.9 cm³/mol. The number of ether oxygens (including phenoxy) is 2. The van der Waals surface area contributed by atoms with E-state index in [0.717, 1.165) is 0 Å². The Labute approximate surface area is 125 Å². The van der Waals surface area contributed by atoms with Crippen LogP contribution < -0.4 is 16.2 Å². The van der Waals surface area contributed by atoms with Crippen molar-refractivity contribution in [1.29, 1.82) is 0 Å². The van der Waals surface area contributed by atoms with Gasteiger partial charge in [-0.25, -0.2) is 4.98 Å². The number of hydrogen-bond donors (Lipinski definition) is 4. The highest BCUT2D eigenvalue weighted by atomic mass is 16.5. The van der Waals surface area contributed by atoms with Crippen LogP contribution in [-0.4, -0.2) is 61.2 Å². The minimum absolute atomic E-state index is 0.0158. The molecule has 3 heterocycles. The lowest BCUT2D eigenvalue weighted by Crippen LogP contribution is -2.52. The van der Waals surface area contributed by atoms with Gasteiger partial charge >= 0.3 is 0 Å². The van der Waals surface area contributed by atoms with Gasteiger partial charge in [-0.2, -0.15) is 9.97 Å². The highest BCUT2D eigenvalue weighted by molar-refractivity contribution is 5.77. The summed E-state index contributed by atoms with van der Waals surface area (Å²) >= 11 is 0. The first-order valence-corrected chi connectivity index (χ1v) is 6.67. The van der Waals surface area contributed by atoms with E-state index in [1.54, 1.807) is 11.5 Å². The van der Waals surface area contributed by atoms with Gasteiger partial charge < -0.3 is 31.2 Å². The molecule has 0 radical (unpaired) electrons. The van der Waals surface area contributed by atoms with E-state index < -0.39 is 24.0 Å². The lowest BCUT2D eigenvalue weighted by Gasteiger charge is -2.28. The van der Waals surface area contributed by atoms with Crippen molar-refractivity contribution in [2.24, 2.45) is 5.73 Å². The molecule has 0 spiro atoms. The van der Waals surface area contributed by atoms with E-state index in [1.807, 2.05) is 0 Å². The molecule has 0 bridgehead atoms. The molecular weight excluding hydrogens is 292 g/mol. The van der Waals surface area contributed by atoms with Crippen LogP contribution in [0.1, 0.15) is 13.2 Å². The first-order valence-electron chi connectivity index (χ1n) is 6.67. The molecule has 0 aliphatic carbocycles. The van der Waals surface area contributed by atoms with Crippen LogP contribution in [0.2, 0.25) is 0 Å². The van der Waals surface area contributed by atoms with Crippen molar-refractivity contribution in [3.05, 3.63) is 6.33 Å². The standard InChI is InChI=1S/C12H18N6O4/c1-12(14)7(20)5(3-19)22-10(12)18-4-15-6-8(18)16-11(13)17-9(6)21-2/h4-5,7,10,19-20H,3,14H2,1-2H3,(H2,13,16,17)/t5-,7-,10-,12-/m1/s1. The maximum absolute atomic E-state index is 10.2. The molecule has 0 amide bonds. The molecule has 2 aromatic rings. The highest BCUT2D eigenvalue weighted by Crippen LogP contribution is 2.38. The van der Waals surface area contributed by atoms with E-state index in [1.165, 1.54) is 13.4 Å². The van der Waals surface area contributed by atoms with Crippen molar-refractivity contribution in [3.8, 4) is 5.88 Å². The van der Waals surface area contributed by atoms with E-state index in [-0.39, 0.29) is 18.4 Å². The number of rotatable bonds is 3. The molecule has 3 rings (SSSR count). The average molecular weight is 310 g/mol. The summed E-state index contributed by atoms with van der Waals surface area (Å²) in [4.78, 5) is 12.3. The number of aliphatic hydroxyl groups excluding tert-OH is 2. The first-order chi connectivity index (χ1) is 10.4. The van der Waals surface area contributed by atoms with Gasteiger partial charge in [-0.05, 0) is 6.92 Å². The van der Waals surface area contributed by atoms with E-state index in [0.29, 0.717) is 11.2 Å². The maximum Gasteiger partial charge on any atom is 0.246 e. The third kappa shape index (κ3) is 2.00. The second-order valence-electron chi connectivity index (χ2n) is 5.44. The minimum Gasteiger partial charge on any atom is -0.479 e. The van der Waals surface area contributed by atoms with E-state index in [9.17, 15) is 10.2 Å². The number of aromatic nitrogens is 4. The normalized spacial score (nSPS) is 31.8. The Kier molecular flexibility index (Phi) is 3.40. The molecule has 6 N–H and O–H groups in total. The Morgan fingerprint density at radius 2 is 2.23 bits per heavy atom. The first kappa shape index (κ1) is 14.9. The molecule has 1 fully saturated rings. The van der Waals surface area contributed by atoms with Gasteiger partial charge in [0.2, 0.25) is 11.8 Å². The highest BCUT2D eigenvalue weighted by Gasteiger charge is 2.51. The minimum atomic E-state index is -1.14. The fraction of sp³-hybridized carbons (Fsp3) is 0.583. The monoisotopic (exact) mass is 310 g/mol. The Bertz CT molecular complexity index is 702. The van der Waals surface area contributed by atoms with Gasteiger partial charge in [-0.1, -0.05) is 0 Å². The Balaban J connectivity index is 2.13. The average Bonchev–Trinajstić information content (AvgIpc) is 2.98. The van der Waals surface area contributed by atoms with Crippen LogP contribution in [0.15, 0.2) is 6.33 Å². The molecule has 0 unspecified atom stereocenters. The number of fused-ring (bicyclic) bond motifs is 1. The van der Waals surface area contributed by atoms with Gasteiger partial charge in [0, 0.05) is 0 Å². The van der Waals surface area contributed by atoms with Crippen LogP contribution in [0.4, 0.5) is 5.95 Å². The molecule has 2 aromatic heterocycles. The van der Waals surface area contributed by atoms with Gasteiger partial charge in [0.1, 0.15) is 12.2 Å². The number of anilines is 1. The van der Waals surface area contributed by atoms with Gasteiger partial charge in [0.15, 0.2) is 17.4 Å². The molecular formula is C12H18N6O4. The summed E-state index contributed by atoms with van der Waals surface area (Å²) in [6.07, 6.45) is -1.15. The predicted octanol–water partition coefficient (Wildman–Crippen LogP) is -1.61. The SMILES string of the molecule is COc1nc(N)nc2c1ncn2[C@@H]1O[C@H](CO)[C@@H](O)[C@@]1(C)N. The lowest BCUT2D eigenvalue weighted by molar-refractivity contribution is -0.0455. The van der Waals surface area contributed by atoms with Crippen LogP contribution in [0.25, 0.3) is 11.2 Å². The maximum atomic E-state index is 10.2. The Hall–Kier alpha value is -2.01. The zero-order chi connectivity index (χ0) is 16.1. The molecule has 10 heteroatoms. The van der Waals surface area contributed by atoms with Crippen molar-refractivity contribution in [1.82, 2.24) is 19.5 Å². The van der Waals surface area contributed by atoms with E-state index in [4.69, 9.17) is 20.9 Å². The fourth-order valence-electron chi connectivity index (χ4n) is 2.66. The van der Waals surface area contributed by atoms with Crippen molar-refractivity contribution in [3.63, 3.8) is 0 Å². The van der Waals surface area contributed by atoms with Crippen LogP contribution in [0.3, 0.4) is 0 Å². The molecule has 1 saturated heterocycles. The molecule has 1 aliphatic heterocycles. The Morgan fingerprint density at radius 3 is 2.82 bits per heavy atom. The van der Waals surface area contributed by atoms with Gasteiger partial charge in [-0.3, -0.25) is 4.57 Å². The summed E-state index contributed by atoms with van der Waals surface area (Å²) in [6.45, 7) is 1.28. The number of methoxy groups -OCH3 is 1. The summed E-state index contributed by atoms with van der Waals surface area (Å²) < 4.78 is 12.3. The van der Waals surface area contributed by atoms with E-state index in [2.05, 4.69) is 15.0 Å². The third-order valence-electron chi connectivity index (χ3n) is 3.86. The van der Waals surface area contributed by atoms with Crippen LogP contribution in [0, 0.1) is 0 Å². The topological polar surface area (TPSA) is 155 Å². The fourth-order valence-corrected chi connectivity index (χ4v) is 2.66. The number of hydrogen-bond acceptors (Lipinski definition) is 9.